The first-order chi connectivity index (χ1) is 16.8. The number of hydrogen-bond donors (Lipinski definition) is 3. The molecule has 0 spiro atoms. The monoisotopic (exact) mass is 480 g/mol. The Morgan fingerprint density at radius 1 is 1.03 bits per heavy atom. The summed E-state index contributed by atoms with van der Waals surface area (Å²) in [7, 11) is 1.21. The molecular formula is C26H28N2O7. The number of rotatable bonds is 10. The van der Waals surface area contributed by atoms with Crippen molar-refractivity contribution in [3.8, 4) is 11.1 Å². The van der Waals surface area contributed by atoms with Gasteiger partial charge in [0.1, 0.15) is 12.6 Å². The van der Waals surface area contributed by atoms with E-state index in [2.05, 4.69) is 27.5 Å². The minimum absolute atomic E-state index is 0.0702. The number of aliphatic carboxylic acids is 1. The molecule has 1 saturated carbocycles. The molecule has 3 N–H and O–H groups in total. The second-order valence-corrected chi connectivity index (χ2v) is 8.98. The number of esters is 1. The molecule has 1 fully saturated rings. The zero-order chi connectivity index (χ0) is 25.0. The molecule has 1 unspecified atom stereocenters. The molecule has 0 radical (unpaired) electrons. The van der Waals surface area contributed by atoms with E-state index >= 15 is 0 Å². The van der Waals surface area contributed by atoms with Gasteiger partial charge in [0.15, 0.2) is 0 Å². The molecule has 0 bridgehead atoms. The van der Waals surface area contributed by atoms with Gasteiger partial charge in [-0.1, -0.05) is 48.5 Å². The van der Waals surface area contributed by atoms with Gasteiger partial charge in [-0.15, -0.1) is 0 Å². The second-order valence-electron chi connectivity index (χ2n) is 8.98. The van der Waals surface area contributed by atoms with Gasteiger partial charge in [-0.2, -0.15) is 0 Å². The average molecular weight is 481 g/mol. The number of methoxy groups -OCH3 is 1. The number of alkyl carbamates (subject to hydrolysis) is 1. The first kappa shape index (κ1) is 24.3. The lowest BCUT2D eigenvalue weighted by atomic mass is 9.98. The SMILES string of the molecule is COC(=O)CCC(NC(=O)CC1(NC(=O)OCC2c3ccccc3-c3ccccc32)CC1)C(=O)O. The highest BCUT2D eigenvalue weighted by Gasteiger charge is 2.46. The highest BCUT2D eigenvalue weighted by molar-refractivity contribution is 5.85. The maximum Gasteiger partial charge on any atom is 0.407 e. The third kappa shape index (κ3) is 5.62. The molecule has 1 atom stereocenters. The molecule has 0 saturated heterocycles. The Hall–Kier alpha value is -3.88. The summed E-state index contributed by atoms with van der Waals surface area (Å²) in [6, 6.07) is 14.9. The number of carbonyl (C=O) groups excluding carboxylic acids is 3. The number of amides is 2. The van der Waals surface area contributed by atoms with Crippen molar-refractivity contribution in [2.45, 2.75) is 49.6 Å². The van der Waals surface area contributed by atoms with Gasteiger partial charge in [-0.3, -0.25) is 9.59 Å². The van der Waals surface area contributed by atoms with E-state index in [9.17, 15) is 24.3 Å². The number of ether oxygens (including phenoxy) is 2. The second kappa shape index (κ2) is 10.2. The third-order valence-corrected chi connectivity index (χ3v) is 6.56. The summed E-state index contributed by atoms with van der Waals surface area (Å²) in [5.41, 5.74) is 3.72. The van der Waals surface area contributed by atoms with Gasteiger partial charge in [0, 0.05) is 18.8 Å². The fraction of sp³-hybridized carbons (Fsp3) is 0.385. The lowest BCUT2D eigenvalue weighted by Crippen LogP contribution is -2.46. The minimum atomic E-state index is -1.24. The summed E-state index contributed by atoms with van der Waals surface area (Å²) >= 11 is 0. The van der Waals surface area contributed by atoms with Gasteiger partial charge < -0.3 is 25.2 Å². The number of carboxylic acids is 1. The van der Waals surface area contributed by atoms with Crippen LogP contribution in [-0.2, 0) is 23.9 Å². The molecule has 2 aliphatic carbocycles. The van der Waals surface area contributed by atoms with Crippen LogP contribution in [0.2, 0.25) is 0 Å². The summed E-state index contributed by atoms with van der Waals surface area (Å²) in [5.74, 6) is -2.38. The first-order valence-corrected chi connectivity index (χ1v) is 11.5. The van der Waals surface area contributed by atoms with Crippen LogP contribution < -0.4 is 10.6 Å². The van der Waals surface area contributed by atoms with Crippen LogP contribution in [0, 0.1) is 0 Å². The molecule has 184 valence electrons. The van der Waals surface area contributed by atoms with Gasteiger partial charge in [0.2, 0.25) is 5.91 Å². The predicted molar refractivity (Wildman–Crippen MR) is 126 cm³/mol. The van der Waals surface area contributed by atoms with Crippen molar-refractivity contribution < 1.29 is 33.8 Å². The Morgan fingerprint density at radius 3 is 2.17 bits per heavy atom. The van der Waals surface area contributed by atoms with Crippen LogP contribution in [0.15, 0.2) is 48.5 Å². The van der Waals surface area contributed by atoms with E-state index in [1.807, 2.05) is 36.4 Å². The lowest BCUT2D eigenvalue weighted by molar-refractivity contribution is -0.144. The third-order valence-electron chi connectivity index (χ3n) is 6.56. The molecule has 4 rings (SSSR count). The van der Waals surface area contributed by atoms with Crippen LogP contribution >= 0.6 is 0 Å². The fourth-order valence-corrected chi connectivity index (χ4v) is 4.52. The van der Waals surface area contributed by atoms with Gasteiger partial charge in [0.25, 0.3) is 0 Å². The Kier molecular flexibility index (Phi) is 7.04. The molecule has 2 aromatic rings. The fourth-order valence-electron chi connectivity index (χ4n) is 4.52. The van der Waals surface area contributed by atoms with Gasteiger partial charge in [-0.25, -0.2) is 9.59 Å². The molecule has 2 amide bonds. The Morgan fingerprint density at radius 2 is 1.63 bits per heavy atom. The normalized spacial score (nSPS) is 15.8. The van der Waals surface area contributed by atoms with Crippen LogP contribution in [0.1, 0.15) is 49.1 Å². The summed E-state index contributed by atoms with van der Waals surface area (Å²) in [4.78, 5) is 47.8. The van der Waals surface area contributed by atoms with Crippen molar-refractivity contribution in [1.29, 1.82) is 0 Å². The van der Waals surface area contributed by atoms with Gasteiger partial charge in [-0.05, 0) is 41.5 Å². The minimum Gasteiger partial charge on any atom is -0.480 e. The first-order valence-electron chi connectivity index (χ1n) is 11.5. The maximum atomic E-state index is 12.6. The summed E-state index contributed by atoms with van der Waals surface area (Å²) in [6.07, 6.45) is 0.281. The lowest BCUT2D eigenvalue weighted by Gasteiger charge is -2.20. The van der Waals surface area contributed by atoms with E-state index in [0.717, 1.165) is 22.3 Å². The molecule has 2 aromatic carbocycles. The molecule has 0 aliphatic heterocycles. The Bertz CT molecular complexity index is 1100. The van der Waals surface area contributed by atoms with Gasteiger partial charge in [0.05, 0.1) is 12.6 Å². The van der Waals surface area contributed by atoms with E-state index in [-0.39, 0.29) is 31.8 Å². The smallest absolute Gasteiger partial charge is 0.407 e. The molecule has 9 nitrogen and oxygen atoms in total. The highest BCUT2D eigenvalue weighted by Crippen LogP contribution is 2.44. The van der Waals surface area contributed by atoms with Gasteiger partial charge >= 0.3 is 18.0 Å². The van der Waals surface area contributed by atoms with Crippen molar-refractivity contribution in [2.24, 2.45) is 0 Å². The maximum absolute atomic E-state index is 12.6. The van der Waals surface area contributed by atoms with Crippen LogP contribution in [-0.4, -0.2) is 54.3 Å². The van der Waals surface area contributed by atoms with Crippen LogP contribution in [0.4, 0.5) is 4.79 Å². The highest BCUT2D eigenvalue weighted by atomic mass is 16.5. The molecule has 0 aromatic heterocycles. The topological polar surface area (TPSA) is 131 Å². The van der Waals surface area contributed by atoms with Crippen LogP contribution in [0.25, 0.3) is 11.1 Å². The number of hydrogen-bond acceptors (Lipinski definition) is 6. The largest absolute Gasteiger partial charge is 0.480 e. The summed E-state index contributed by atoms with van der Waals surface area (Å²) in [5, 5.41) is 14.5. The van der Waals surface area contributed by atoms with Crippen molar-refractivity contribution in [2.75, 3.05) is 13.7 Å². The van der Waals surface area contributed by atoms with Crippen LogP contribution in [0.5, 0.6) is 0 Å². The van der Waals surface area contributed by atoms with E-state index in [4.69, 9.17) is 4.74 Å². The molecular weight excluding hydrogens is 452 g/mol. The van der Waals surface area contributed by atoms with Crippen LogP contribution in [0.3, 0.4) is 0 Å². The molecule has 2 aliphatic rings. The Balaban J connectivity index is 1.30. The average Bonchev–Trinajstić information content (AvgIpc) is 3.51. The summed E-state index contributed by atoms with van der Waals surface area (Å²) in [6.45, 7) is 0.163. The molecule has 35 heavy (non-hydrogen) atoms. The molecule has 0 heterocycles. The number of fused-ring (bicyclic) bond motifs is 3. The van der Waals surface area contributed by atoms with Crippen molar-refractivity contribution >= 4 is 23.9 Å². The van der Waals surface area contributed by atoms with Crippen molar-refractivity contribution in [1.82, 2.24) is 10.6 Å². The number of carboxylic acid groups (broad SMARTS) is 1. The number of benzene rings is 2. The predicted octanol–water partition coefficient (Wildman–Crippen LogP) is 2.97. The molecule has 9 heteroatoms. The van der Waals surface area contributed by atoms with E-state index in [1.165, 1.54) is 7.11 Å². The Labute approximate surface area is 202 Å². The van der Waals surface area contributed by atoms with E-state index < -0.39 is 35.5 Å². The quantitative estimate of drug-likeness (QED) is 0.446. The van der Waals surface area contributed by atoms with E-state index in [0.29, 0.717) is 12.8 Å². The van der Waals surface area contributed by atoms with Crippen molar-refractivity contribution in [3.05, 3.63) is 59.7 Å². The zero-order valence-corrected chi connectivity index (χ0v) is 19.4. The summed E-state index contributed by atoms with van der Waals surface area (Å²) < 4.78 is 10.1. The number of nitrogens with one attached hydrogen (secondary N) is 2. The standard InChI is InChI=1S/C26H28N2O7/c1-34-23(30)11-10-21(24(31)32)27-22(29)14-26(12-13-26)28-25(33)35-15-20-18-8-4-2-6-16(18)17-7-3-5-9-19(17)20/h2-9,20-21H,10-15H2,1H3,(H,27,29)(H,28,33)(H,31,32). The number of carbonyl (C=O) groups is 4. The van der Waals surface area contributed by atoms with Crippen molar-refractivity contribution in [3.63, 3.8) is 0 Å². The zero-order valence-electron chi connectivity index (χ0n) is 19.4. The van der Waals surface area contributed by atoms with E-state index in [1.54, 1.807) is 0 Å².